The first kappa shape index (κ1) is 13.7. The lowest BCUT2D eigenvalue weighted by Gasteiger charge is -2.34. The molecule has 2 aromatic heterocycles. The second-order valence-electron chi connectivity index (χ2n) is 5.17. The average molecular weight is 290 g/mol. The van der Waals surface area contributed by atoms with Gasteiger partial charge in [0.05, 0.1) is 0 Å². The van der Waals surface area contributed by atoms with Crippen LogP contribution in [0.25, 0.3) is 5.95 Å². The zero-order chi connectivity index (χ0) is 14.7. The van der Waals surface area contributed by atoms with Crippen LogP contribution in [0.3, 0.4) is 0 Å². The first-order valence-electron chi connectivity index (χ1n) is 6.83. The molecule has 0 unspecified atom stereocenters. The third-order valence-electron chi connectivity index (χ3n) is 3.48. The molecule has 0 atom stereocenters. The number of aromatic nitrogens is 6. The van der Waals surface area contributed by atoms with E-state index in [-0.39, 0.29) is 5.54 Å². The fourth-order valence-electron chi connectivity index (χ4n) is 2.16. The van der Waals surface area contributed by atoms with E-state index in [0.717, 1.165) is 26.1 Å². The standard InChI is InChI=1S/C12H18N8O/c1-12(3-5-21-6-4-12)19-10-16-9(13-2)17-11(18-10)20-8-14-7-15-20/h7-8H,3-6H2,1-2H3,(H2,13,16,17,18,19). The van der Waals surface area contributed by atoms with Crippen molar-refractivity contribution in [3.05, 3.63) is 12.7 Å². The Labute approximate surface area is 122 Å². The Bertz CT molecular complexity index is 593. The fraction of sp³-hybridized carbons (Fsp3) is 0.583. The summed E-state index contributed by atoms with van der Waals surface area (Å²) in [6, 6.07) is 0. The summed E-state index contributed by atoms with van der Waals surface area (Å²) < 4.78 is 6.90. The molecule has 3 heterocycles. The highest BCUT2D eigenvalue weighted by atomic mass is 16.5. The Kier molecular flexibility index (Phi) is 3.65. The Balaban J connectivity index is 1.89. The monoisotopic (exact) mass is 290 g/mol. The first-order chi connectivity index (χ1) is 10.2. The van der Waals surface area contributed by atoms with Crippen LogP contribution in [-0.2, 0) is 4.74 Å². The Morgan fingerprint density at radius 3 is 2.62 bits per heavy atom. The predicted octanol–water partition coefficient (Wildman–Crippen LogP) is 0.475. The van der Waals surface area contributed by atoms with Crippen LogP contribution in [0.4, 0.5) is 11.9 Å². The van der Waals surface area contributed by atoms with Gasteiger partial charge >= 0.3 is 0 Å². The summed E-state index contributed by atoms with van der Waals surface area (Å²) in [4.78, 5) is 16.9. The molecule has 9 heteroatoms. The van der Waals surface area contributed by atoms with Crippen molar-refractivity contribution in [1.29, 1.82) is 0 Å². The molecule has 0 aliphatic carbocycles. The van der Waals surface area contributed by atoms with Gasteiger partial charge in [0.1, 0.15) is 12.7 Å². The quantitative estimate of drug-likeness (QED) is 0.838. The SMILES string of the molecule is CNc1nc(NC2(C)CCOCC2)nc(-n2cncn2)n1. The third-order valence-corrected chi connectivity index (χ3v) is 3.48. The molecule has 1 fully saturated rings. The molecule has 0 spiro atoms. The molecule has 0 amide bonds. The van der Waals surface area contributed by atoms with E-state index in [4.69, 9.17) is 4.74 Å². The van der Waals surface area contributed by atoms with Crippen molar-refractivity contribution < 1.29 is 4.74 Å². The number of hydrogen-bond acceptors (Lipinski definition) is 8. The molecule has 1 saturated heterocycles. The van der Waals surface area contributed by atoms with Crippen molar-refractivity contribution in [2.24, 2.45) is 0 Å². The van der Waals surface area contributed by atoms with E-state index in [1.807, 2.05) is 0 Å². The predicted molar refractivity (Wildman–Crippen MR) is 76.4 cm³/mol. The lowest BCUT2D eigenvalue weighted by atomic mass is 9.93. The Morgan fingerprint density at radius 1 is 1.19 bits per heavy atom. The number of ether oxygens (including phenoxy) is 1. The average Bonchev–Trinajstić information content (AvgIpc) is 3.01. The van der Waals surface area contributed by atoms with Crippen LogP contribution >= 0.6 is 0 Å². The summed E-state index contributed by atoms with van der Waals surface area (Å²) in [5, 5.41) is 10.4. The molecule has 0 saturated carbocycles. The van der Waals surface area contributed by atoms with Crippen molar-refractivity contribution >= 4 is 11.9 Å². The van der Waals surface area contributed by atoms with E-state index < -0.39 is 0 Å². The zero-order valence-corrected chi connectivity index (χ0v) is 12.1. The van der Waals surface area contributed by atoms with Gasteiger partial charge in [-0.3, -0.25) is 0 Å². The molecule has 21 heavy (non-hydrogen) atoms. The second kappa shape index (κ2) is 5.60. The maximum atomic E-state index is 5.40. The minimum Gasteiger partial charge on any atom is -0.381 e. The molecule has 0 bridgehead atoms. The molecular formula is C12H18N8O. The van der Waals surface area contributed by atoms with Gasteiger partial charge in [-0.1, -0.05) is 0 Å². The van der Waals surface area contributed by atoms with Crippen molar-refractivity contribution in [3.63, 3.8) is 0 Å². The summed E-state index contributed by atoms with van der Waals surface area (Å²) in [7, 11) is 1.76. The lowest BCUT2D eigenvalue weighted by molar-refractivity contribution is 0.0656. The Morgan fingerprint density at radius 2 is 1.95 bits per heavy atom. The molecule has 112 valence electrons. The van der Waals surface area contributed by atoms with Crippen molar-refractivity contribution in [3.8, 4) is 5.95 Å². The topological polar surface area (TPSA) is 103 Å². The van der Waals surface area contributed by atoms with E-state index >= 15 is 0 Å². The Hall–Kier alpha value is -2.29. The van der Waals surface area contributed by atoms with Crippen LogP contribution in [0, 0.1) is 0 Å². The van der Waals surface area contributed by atoms with Crippen LogP contribution in [0.5, 0.6) is 0 Å². The minimum atomic E-state index is -0.0791. The minimum absolute atomic E-state index is 0.0791. The molecule has 2 N–H and O–H groups in total. The highest BCUT2D eigenvalue weighted by Crippen LogP contribution is 2.24. The van der Waals surface area contributed by atoms with Gasteiger partial charge in [-0.2, -0.15) is 24.7 Å². The van der Waals surface area contributed by atoms with Gasteiger partial charge in [-0.25, -0.2) is 4.98 Å². The van der Waals surface area contributed by atoms with Crippen LogP contribution in [0.15, 0.2) is 12.7 Å². The zero-order valence-electron chi connectivity index (χ0n) is 12.1. The number of anilines is 2. The van der Waals surface area contributed by atoms with Gasteiger partial charge in [0.25, 0.3) is 5.95 Å². The molecule has 1 aliphatic rings. The fourth-order valence-corrected chi connectivity index (χ4v) is 2.16. The highest BCUT2D eigenvalue weighted by molar-refractivity contribution is 5.39. The van der Waals surface area contributed by atoms with Crippen LogP contribution < -0.4 is 10.6 Å². The first-order valence-corrected chi connectivity index (χ1v) is 6.83. The van der Waals surface area contributed by atoms with Crippen molar-refractivity contribution in [2.75, 3.05) is 30.9 Å². The molecule has 0 radical (unpaired) electrons. The van der Waals surface area contributed by atoms with Gasteiger partial charge in [0, 0.05) is 25.8 Å². The highest BCUT2D eigenvalue weighted by Gasteiger charge is 2.28. The van der Waals surface area contributed by atoms with Gasteiger partial charge in [0.2, 0.25) is 11.9 Å². The largest absolute Gasteiger partial charge is 0.381 e. The normalized spacial score (nSPS) is 17.4. The maximum absolute atomic E-state index is 5.40. The van der Waals surface area contributed by atoms with E-state index in [2.05, 4.69) is 42.6 Å². The molecule has 0 aromatic carbocycles. The molecule has 1 aliphatic heterocycles. The molecule has 9 nitrogen and oxygen atoms in total. The smallest absolute Gasteiger partial charge is 0.258 e. The van der Waals surface area contributed by atoms with Crippen molar-refractivity contribution in [1.82, 2.24) is 29.7 Å². The second-order valence-corrected chi connectivity index (χ2v) is 5.17. The maximum Gasteiger partial charge on any atom is 0.258 e. The van der Waals surface area contributed by atoms with Crippen LogP contribution in [0.2, 0.25) is 0 Å². The summed E-state index contributed by atoms with van der Waals surface area (Å²) in [6.45, 7) is 3.63. The van der Waals surface area contributed by atoms with Gasteiger partial charge < -0.3 is 15.4 Å². The van der Waals surface area contributed by atoms with Crippen LogP contribution in [-0.4, -0.2) is 55.5 Å². The van der Waals surface area contributed by atoms with Gasteiger partial charge in [-0.15, -0.1) is 0 Å². The van der Waals surface area contributed by atoms with Crippen LogP contribution in [0.1, 0.15) is 19.8 Å². The molecular weight excluding hydrogens is 272 g/mol. The van der Waals surface area contributed by atoms with E-state index in [0.29, 0.717) is 17.8 Å². The number of nitrogens with zero attached hydrogens (tertiary/aromatic N) is 6. The third kappa shape index (κ3) is 3.07. The van der Waals surface area contributed by atoms with E-state index in [1.165, 1.54) is 11.0 Å². The number of hydrogen-bond donors (Lipinski definition) is 2. The van der Waals surface area contributed by atoms with E-state index in [1.54, 1.807) is 13.4 Å². The lowest BCUT2D eigenvalue weighted by Crippen LogP contribution is -2.41. The van der Waals surface area contributed by atoms with E-state index in [9.17, 15) is 0 Å². The summed E-state index contributed by atoms with van der Waals surface area (Å²) in [5.41, 5.74) is -0.0791. The van der Waals surface area contributed by atoms with Gasteiger partial charge in [-0.05, 0) is 19.8 Å². The van der Waals surface area contributed by atoms with Crippen molar-refractivity contribution in [2.45, 2.75) is 25.3 Å². The summed E-state index contributed by atoms with van der Waals surface area (Å²) in [5.74, 6) is 1.42. The number of rotatable bonds is 4. The summed E-state index contributed by atoms with van der Waals surface area (Å²) >= 11 is 0. The number of nitrogens with one attached hydrogen (secondary N) is 2. The summed E-state index contributed by atoms with van der Waals surface area (Å²) in [6.07, 6.45) is 4.81. The molecule has 3 rings (SSSR count). The molecule has 2 aromatic rings. The van der Waals surface area contributed by atoms with Gasteiger partial charge in [0.15, 0.2) is 0 Å².